The zero-order valence-corrected chi connectivity index (χ0v) is 22.0. The van der Waals surface area contributed by atoms with E-state index < -0.39 is 26.8 Å². The molecule has 7 unspecified atom stereocenters. The summed E-state index contributed by atoms with van der Waals surface area (Å²) in [6.07, 6.45) is 8.38. The summed E-state index contributed by atoms with van der Waals surface area (Å²) in [6, 6.07) is 0. The molecule has 0 aromatic rings. The monoisotopic (exact) mass is 526 g/mol. The fourth-order valence-corrected chi connectivity index (χ4v) is 8.59. The van der Waals surface area contributed by atoms with Crippen molar-refractivity contribution in [2.24, 2.45) is 26.9 Å². The van der Waals surface area contributed by atoms with Crippen LogP contribution in [-0.2, 0) is 10.0 Å². The van der Waals surface area contributed by atoms with Gasteiger partial charge in [0.25, 0.3) is 0 Å². The summed E-state index contributed by atoms with van der Waals surface area (Å²) in [5, 5.41) is 9.24. The molecule has 0 bridgehead atoms. The lowest BCUT2D eigenvalue weighted by Gasteiger charge is -2.41. The molecule has 8 nitrogen and oxygen atoms in total. The molecule has 2 fully saturated rings. The summed E-state index contributed by atoms with van der Waals surface area (Å²) >= 11 is 6.08. The number of sulfonamides is 1. The Bertz CT molecular complexity index is 960. The molecule has 194 valence electrons. The second-order valence-corrected chi connectivity index (χ2v) is 13.6. The molecule has 0 spiro atoms. The normalized spacial score (nSPS) is 39.0. The van der Waals surface area contributed by atoms with Gasteiger partial charge in [0.05, 0.1) is 10.6 Å². The molecule has 12 heteroatoms. The van der Waals surface area contributed by atoms with Gasteiger partial charge in [0.15, 0.2) is 0 Å². The van der Waals surface area contributed by atoms with Crippen LogP contribution in [0.5, 0.6) is 0 Å². The summed E-state index contributed by atoms with van der Waals surface area (Å²) in [6.45, 7) is 2.79. The van der Waals surface area contributed by atoms with E-state index in [4.69, 9.17) is 16.6 Å². The summed E-state index contributed by atoms with van der Waals surface area (Å²) in [5.74, 6) is 1.09. The van der Waals surface area contributed by atoms with Gasteiger partial charge in [-0.2, -0.15) is 5.10 Å². The van der Waals surface area contributed by atoms with Gasteiger partial charge in [-0.15, -0.1) is 11.6 Å². The van der Waals surface area contributed by atoms with Crippen molar-refractivity contribution in [3.63, 3.8) is 0 Å². The van der Waals surface area contributed by atoms with Crippen molar-refractivity contribution >= 4 is 47.6 Å². The lowest BCUT2D eigenvalue weighted by atomic mass is 9.83. The summed E-state index contributed by atoms with van der Waals surface area (Å²) in [5.41, 5.74) is 1.19. The van der Waals surface area contributed by atoms with E-state index in [0.717, 1.165) is 45.2 Å². The van der Waals surface area contributed by atoms with Gasteiger partial charge in [0.2, 0.25) is 10.0 Å². The first-order chi connectivity index (χ1) is 16.8. The van der Waals surface area contributed by atoms with Crippen LogP contribution in [0.1, 0.15) is 51.4 Å². The molecule has 1 aliphatic carbocycles. The molecule has 5 rings (SSSR count). The van der Waals surface area contributed by atoms with E-state index in [-0.39, 0.29) is 36.9 Å². The number of nitrogens with one attached hydrogen (secondary N) is 1. The summed E-state index contributed by atoms with van der Waals surface area (Å²) in [7, 11) is -1.31. The summed E-state index contributed by atoms with van der Waals surface area (Å²) < 4.78 is 41.8. The van der Waals surface area contributed by atoms with Gasteiger partial charge in [-0.1, -0.05) is 0 Å². The number of alkyl halides is 2. The Morgan fingerprint density at radius 1 is 1.20 bits per heavy atom. The predicted molar refractivity (Wildman–Crippen MR) is 142 cm³/mol. The molecule has 1 saturated carbocycles. The molecular formula is C23H37BClFN6O2S. The van der Waals surface area contributed by atoms with Crippen LogP contribution >= 0.6 is 11.6 Å². The largest absolute Gasteiger partial charge is 0.297 e. The minimum absolute atomic E-state index is 0.0129. The number of nitrogens with zero attached hydrogens (tertiary/aromatic N) is 5. The highest BCUT2D eigenvalue weighted by atomic mass is 35.5. The zero-order chi connectivity index (χ0) is 24.6. The van der Waals surface area contributed by atoms with Crippen LogP contribution in [0.25, 0.3) is 0 Å². The lowest BCUT2D eigenvalue weighted by Crippen LogP contribution is -2.53. The standard InChI is InChI=1S/C23H37BClFN6O2S/c24-18-14-29-32-22(28-13-15-2-1-7-27-12-15)11-21(30-23(18)32)16-5-8-31(9-6-16)35(33,34)17-3-4-20(26)19(25)10-17/h7,14-20,22-23,28H,1-6,8-13,24H2. The highest BCUT2D eigenvalue weighted by molar-refractivity contribution is 7.89. The molecule has 0 aromatic heterocycles. The molecule has 0 radical (unpaired) electrons. The first-order valence-electron chi connectivity index (χ1n) is 13.2. The van der Waals surface area contributed by atoms with Crippen LogP contribution in [0.3, 0.4) is 0 Å². The average Bonchev–Trinajstić information content (AvgIpc) is 3.25. The van der Waals surface area contributed by atoms with Crippen molar-refractivity contribution in [2.45, 2.75) is 86.3 Å². The molecular weight excluding hydrogens is 490 g/mol. The maximum atomic E-state index is 13.8. The Morgan fingerprint density at radius 3 is 2.71 bits per heavy atom. The van der Waals surface area contributed by atoms with Crippen molar-refractivity contribution in [3.05, 3.63) is 0 Å². The fourth-order valence-electron chi connectivity index (χ4n) is 6.12. The molecule has 0 amide bonds. The van der Waals surface area contributed by atoms with Crippen molar-refractivity contribution in [1.82, 2.24) is 14.6 Å². The van der Waals surface area contributed by atoms with Crippen LogP contribution < -0.4 is 5.32 Å². The van der Waals surface area contributed by atoms with E-state index in [1.54, 1.807) is 4.31 Å². The molecule has 7 atom stereocenters. The average molecular weight is 527 g/mol. The topological polar surface area (TPSA) is 89.7 Å². The second kappa shape index (κ2) is 10.8. The van der Waals surface area contributed by atoms with E-state index in [1.165, 1.54) is 5.71 Å². The van der Waals surface area contributed by atoms with Crippen molar-refractivity contribution < 1.29 is 12.8 Å². The Balaban J connectivity index is 1.21. The van der Waals surface area contributed by atoms with Gasteiger partial charge in [-0.25, -0.2) is 17.1 Å². The van der Waals surface area contributed by atoms with Crippen LogP contribution in [0, 0.1) is 11.8 Å². The van der Waals surface area contributed by atoms with Crippen molar-refractivity contribution in [2.75, 3.05) is 26.2 Å². The number of rotatable bonds is 6. The van der Waals surface area contributed by atoms with Gasteiger partial charge in [-0.05, 0) is 63.0 Å². The fraction of sp³-hybridized carbons (Fsp3) is 0.870. The van der Waals surface area contributed by atoms with Crippen LogP contribution in [0.4, 0.5) is 4.39 Å². The number of hydrogen-bond acceptors (Lipinski definition) is 7. The number of halogens is 2. The number of hydrazone groups is 1. The van der Waals surface area contributed by atoms with Crippen molar-refractivity contribution in [1.29, 1.82) is 0 Å². The first-order valence-corrected chi connectivity index (χ1v) is 15.1. The van der Waals surface area contributed by atoms with E-state index >= 15 is 0 Å². The number of fused-ring (bicyclic) bond motifs is 1. The lowest BCUT2D eigenvalue weighted by molar-refractivity contribution is 0.122. The van der Waals surface area contributed by atoms with Gasteiger partial charge in [0.1, 0.15) is 26.3 Å². The third-order valence-corrected chi connectivity index (χ3v) is 11.2. The molecule has 4 heterocycles. The smallest absolute Gasteiger partial charge is 0.217 e. The minimum Gasteiger partial charge on any atom is -0.297 e. The van der Waals surface area contributed by atoms with Crippen LogP contribution in [-0.4, -0.2) is 99.0 Å². The van der Waals surface area contributed by atoms with E-state index in [2.05, 4.69) is 28.3 Å². The molecule has 35 heavy (non-hydrogen) atoms. The highest BCUT2D eigenvalue weighted by Gasteiger charge is 2.43. The Labute approximate surface area is 214 Å². The molecule has 1 saturated heterocycles. The third kappa shape index (κ3) is 5.48. The van der Waals surface area contributed by atoms with E-state index in [9.17, 15) is 12.8 Å². The first kappa shape index (κ1) is 25.6. The maximum Gasteiger partial charge on any atom is 0.217 e. The predicted octanol–water partition coefficient (Wildman–Crippen LogP) is 1.82. The Morgan fingerprint density at radius 2 is 2.00 bits per heavy atom. The third-order valence-electron chi connectivity index (χ3n) is 8.39. The number of hydrogen-bond donors (Lipinski definition) is 1. The minimum atomic E-state index is -3.46. The van der Waals surface area contributed by atoms with Crippen LogP contribution in [0.2, 0.25) is 5.82 Å². The molecule has 4 aliphatic heterocycles. The Kier molecular flexibility index (Phi) is 7.87. The molecule has 1 N–H and O–H groups in total. The molecule has 5 aliphatic rings. The highest BCUT2D eigenvalue weighted by Crippen LogP contribution is 2.35. The van der Waals surface area contributed by atoms with Gasteiger partial charge >= 0.3 is 0 Å². The van der Waals surface area contributed by atoms with E-state index in [0.29, 0.717) is 25.4 Å². The number of aliphatic imine (C=N–C) groups is 2. The number of piperidine rings is 1. The van der Waals surface area contributed by atoms with Gasteiger partial charge in [0, 0.05) is 50.3 Å². The quantitative estimate of drug-likeness (QED) is 0.422. The summed E-state index contributed by atoms with van der Waals surface area (Å²) in [4.78, 5) is 9.56. The van der Waals surface area contributed by atoms with E-state index in [1.807, 2.05) is 12.4 Å². The van der Waals surface area contributed by atoms with Crippen molar-refractivity contribution in [3.8, 4) is 0 Å². The van der Waals surface area contributed by atoms with Crippen LogP contribution in [0.15, 0.2) is 15.1 Å². The zero-order valence-electron chi connectivity index (χ0n) is 20.5. The Hall–Kier alpha value is -1.04. The molecule has 0 aromatic carbocycles. The van der Waals surface area contributed by atoms with Gasteiger partial charge < -0.3 is 0 Å². The van der Waals surface area contributed by atoms with Gasteiger partial charge in [-0.3, -0.25) is 20.3 Å². The SMILES string of the molecule is BC1C=NN2C(NCC3CCC=NC3)CC(C3CCN(S(=O)(=O)C4CCC(F)C(Cl)C4)CC3)=NC12. The second-order valence-electron chi connectivity index (χ2n) is 10.8. The maximum absolute atomic E-state index is 13.8.